The number of ether oxygens (including phenoxy) is 1. The molecule has 0 saturated carbocycles. The van der Waals surface area contributed by atoms with E-state index < -0.39 is 8.25 Å². The maximum atomic E-state index is 10.4. The molecule has 0 fully saturated rings. The highest BCUT2D eigenvalue weighted by Crippen LogP contribution is 2.30. The Morgan fingerprint density at radius 1 is 1.15 bits per heavy atom. The maximum absolute atomic E-state index is 10.4. The summed E-state index contributed by atoms with van der Waals surface area (Å²) in [4.78, 5) is 10.8. The molecule has 6 nitrogen and oxygen atoms in total. The summed E-state index contributed by atoms with van der Waals surface area (Å²) >= 11 is 0. The lowest BCUT2D eigenvalue weighted by Gasteiger charge is -2.23. The number of anilines is 2. The predicted octanol–water partition coefficient (Wildman–Crippen LogP) is 4.87. The zero-order chi connectivity index (χ0) is 19.9. The number of nitrogen functional groups attached to an aromatic ring is 1. The Kier molecular flexibility index (Phi) is 14.2. The van der Waals surface area contributed by atoms with Gasteiger partial charge in [0.2, 0.25) is 0 Å². The van der Waals surface area contributed by atoms with Gasteiger partial charge < -0.3 is 24.8 Å². The zero-order valence-corrected chi connectivity index (χ0v) is 18.0. The molecule has 7 heteroatoms. The molecule has 0 radical (unpaired) electrons. The van der Waals surface area contributed by atoms with E-state index >= 15 is 0 Å². The van der Waals surface area contributed by atoms with Gasteiger partial charge in [0.25, 0.3) is 0 Å². The first-order valence-electron chi connectivity index (χ1n) is 9.51. The van der Waals surface area contributed by atoms with Gasteiger partial charge in [-0.05, 0) is 44.9 Å². The van der Waals surface area contributed by atoms with Crippen molar-refractivity contribution in [1.29, 1.82) is 0 Å². The second-order valence-electron chi connectivity index (χ2n) is 6.04. The SMILES string of the molecule is CCCCC(CCC)O[PH](=O)O.CCN(CC)c1cc(N)ccc1OC. The number of hydrogen-bond acceptors (Lipinski definition) is 5. The first-order chi connectivity index (χ1) is 12.4. The van der Waals surface area contributed by atoms with E-state index in [4.69, 9.17) is 19.9 Å². The molecule has 152 valence electrons. The summed E-state index contributed by atoms with van der Waals surface area (Å²) in [5.41, 5.74) is 7.59. The highest BCUT2D eigenvalue weighted by atomic mass is 31.1. The van der Waals surface area contributed by atoms with Crippen molar-refractivity contribution in [2.24, 2.45) is 0 Å². The quantitative estimate of drug-likeness (QED) is 0.416. The number of methoxy groups -OCH3 is 1. The molecule has 0 saturated heterocycles. The molecule has 0 spiro atoms. The second-order valence-corrected chi connectivity index (χ2v) is 6.81. The zero-order valence-electron chi connectivity index (χ0n) is 17.0. The Bertz CT molecular complexity index is 510. The lowest BCUT2D eigenvalue weighted by atomic mass is 10.1. The molecule has 1 rings (SSSR count). The molecule has 0 aromatic heterocycles. The Morgan fingerprint density at radius 2 is 1.81 bits per heavy atom. The predicted molar refractivity (Wildman–Crippen MR) is 111 cm³/mol. The van der Waals surface area contributed by atoms with Crippen LogP contribution in [0.1, 0.15) is 59.8 Å². The number of hydrogen-bond donors (Lipinski definition) is 2. The molecule has 1 aromatic rings. The Morgan fingerprint density at radius 3 is 2.27 bits per heavy atom. The van der Waals surface area contributed by atoms with Crippen molar-refractivity contribution >= 4 is 19.6 Å². The molecule has 0 heterocycles. The monoisotopic (exact) mass is 388 g/mol. The molecule has 2 unspecified atom stereocenters. The smallest absolute Gasteiger partial charge is 0.316 e. The average molecular weight is 388 g/mol. The first-order valence-corrected chi connectivity index (χ1v) is 10.8. The summed E-state index contributed by atoms with van der Waals surface area (Å²) in [7, 11) is -1.06. The molecule has 0 aliphatic carbocycles. The minimum atomic E-state index is -2.74. The molecule has 3 N–H and O–H groups in total. The van der Waals surface area contributed by atoms with Gasteiger partial charge in [0.1, 0.15) is 5.75 Å². The normalized spacial score (nSPS) is 12.7. The van der Waals surface area contributed by atoms with Gasteiger partial charge in [0.15, 0.2) is 0 Å². The van der Waals surface area contributed by atoms with Gasteiger partial charge in [-0.15, -0.1) is 0 Å². The first kappa shape index (κ1) is 24.8. The second kappa shape index (κ2) is 14.9. The Labute approximate surface area is 159 Å². The topological polar surface area (TPSA) is 85.0 Å². The third-order valence-electron chi connectivity index (χ3n) is 4.06. The van der Waals surface area contributed by atoms with Crippen molar-refractivity contribution in [2.75, 3.05) is 30.8 Å². The number of rotatable bonds is 11. The molecule has 1 aromatic carbocycles. The van der Waals surface area contributed by atoms with E-state index in [2.05, 4.69) is 32.6 Å². The van der Waals surface area contributed by atoms with Crippen LogP contribution in [0.25, 0.3) is 0 Å². The van der Waals surface area contributed by atoms with E-state index in [1.54, 1.807) is 7.11 Å². The molecule has 0 aliphatic heterocycles. The van der Waals surface area contributed by atoms with E-state index in [0.29, 0.717) is 0 Å². The average Bonchev–Trinajstić information content (AvgIpc) is 2.61. The molecule has 2 atom stereocenters. The summed E-state index contributed by atoms with van der Waals surface area (Å²) in [6.45, 7) is 10.3. The van der Waals surface area contributed by atoms with Crippen molar-refractivity contribution in [3.05, 3.63) is 18.2 Å². The van der Waals surface area contributed by atoms with Crippen LogP contribution in [0.2, 0.25) is 0 Å². The van der Waals surface area contributed by atoms with Gasteiger partial charge in [0, 0.05) is 18.8 Å². The fourth-order valence-electron chi connectivity index (χ4n) is 2.68. The summed E-state index contributed by atoms with van der Waals surface area (Å²) in [6.07, 6.45) is 4.96. The van der Waals surface area contributed by atoms with Gasteiger partial charge >= 0.3 is 8.25 Å². The summed E-state index contributed by atoms with van der Waals surface area (Å²) in [5, 5.41) is 0. The van der Waals surface area contributed by atoms with E-state index in [9.17, 15) is 4.57 Å². The Balaban J connectivity index is 0.000000488. The summed E-state index contributed by atoms with van der Waals surface area (Å²) in [5.74, 6) is 0.878. The fourth-order valence-corrected chi connectivity index (χ4v) is 3.20. The van der Waals surface area contributed by atoms with Crippen LogP contribution in [0.5, 0.6) is 5.75 Å². The van der Waals surface area contributed by atoms with E-state index in [0.717, 1.165) is 62.3 Å². The van der Waals surface area contributed by atoms with Crippen LogP contribution in [-0.4, -0.2) is 31.2 Å². The highest BCUT2D eigenvalue weighted by molar-refractivity contribution is 7.32. The molecule has 0 amide bonds. The Hall–Kier alpha value is -1.23. The van der Waals surface area contributed by atoms with Crippen molar-refractivity contribution in [3.8, 4) is 5.75 Å². The molecule has 0 bridgehead atoms. The van der Waals surface area contributed by atoms with Crippen molar-refractivity contribution in [2.45, 2.75) is 65.9 Å². The van der Waals surface area contributed by atoms with Gasteiger partial charge in [-0.3, -0.25) is 4.57 Å². The maximum Gasteiger partial charge on any atom is 0.316 e. The summed E-state index contributed by atoms with van der Waals surface area (Å²) in [6, 6.07) is 5.71. The minimum absolute atomic E-state index is 0.00802. The van der Waals surface area contributed by atoms with Crippen LogP contribution in [0, 0.1) is 0 Å². The van der Waals surface area contributed by atoms with Crippen LogP contribution in [0.4, 0.5) is 11.4 Å². The number of unbranched alkanes of at least 4 members (excludes halogenated alkanes) is 1. The van der Waals surface area contributed by atoms with Gasteiger partial charge in [-0.25, -0.2) is 0 Å². The lowest BCUT2D eigenvalue weighted by molar-refractivity contribution is 0.166. The molecular formula is C19H37N2O4P. The molecule has 26 heavy (non-hydrogen) atoms. The fraction of sp³-hybridized carbons (Fsp3) is 0.684. The van der Waals surface area contributed by atoms with E-state index in [1.807, 2.05) is 18.2 Å². The van der Waals surface area contributed by atoms with Crippen LogP contribution in [0.15, 0.2) is 18.2 Å². The number of nitrogens with two attached hydrogens (primary N) is 1. The molecule has 0 aliphatic rings. The minimum Gasteiger partial charge on any atom is -0.495 e. The third-order valence-corrected chi connectivity index (χ3v) is 4.60. The van der Waals surface area contributed by atoms with Crippen molar-refractivity contribution in [1.82, 2.24) is 0 Å². The standard InChI is InChI=1S/C11H18N2O.C8H19O3P/c1-4-13(5-2)10-8-9(12)6-7-11(10)14-3;1-3-5-7-8(6-4-2)11-12(9)10/h6-8H,4-5,12H2,1-3H3;8,12H,3-7H2,1-2H3,(H,9,10). The van der Waals surface area contributed by atoms with Crippen LogP contribution < -0.4 is 15.4 Å². The van der Waals surface area contributed by atoms with Gasteiger partial charge in [-0.2, -0.15) is 0 Å². The van der Waals surface area contributed by atoms with Crippen LogP contribution in [-0.2, 0) is 9.09 Å². The number of benzene rings is 1. The van der Waals surface area contributed by atoms with Crippen LogP contribution in [0.3, 0.4) is 0 Å². The largest absolute Gasteiger partial charge is 0.495 e. The van der Waals surface area contributed by atoms with Gasteiger partial charge in [-0.1, -0.05) is 33.1 Å². The van der Waals surface area contributed by atoms with E-state index in [1.165, 1.54) is 0 Å². The van der Waals surface area contributed by atoms with Gasteiger partial charge in [0.05, 0.1) is 18.9 Å². The lowest BCUT2D eigenvalue weighted by Crippen LogP contribution is -2.22. The number of nitrogens with zero attached hydrogens (tertiary/aromatic N) is 1. The van der Waals surface area contributed by atoms with E-state index in [-0.39, 0.29) is 6.10 Å². The van der Waals surface area contributed by atoms with Crippen molar-refractivity contribution < 1.29 is 18.7 Å². The molecular weight excluding hydrogens is 351 g/mol. The third kappa shape index (κ3) is 10.0. The van der Waals surface area contributed by atoms with Crippen molar-refractivity contribution in [3.63, 3.8) is 0 Å². The van der Waals surface area contributed by atoms with Crippen LogP contribution >= 0.6 is 8.25 Å². The highest BCUT2D eigenvalue weighted by Gasteiger charge is 2.09. The summed E-state index contributed by atoms with van der Waals surface area (Å²) < 4.78 is 20.6.